The molecule has 2 heterocycles. The van der Waals surface area contributed by atoms with Gasteiger partial charge < -0.3 is 9.64 Å². The summed E-state index contributed by atoms with van der Waals surface area (Å²) in [6, 6.07) is -0.235. The topological polar surface area (TPSA) is 75.6 Å². The van der Waals surface area contributed by atoms with Crippen molar-refractivity contribution in [2.75, 3.05) is 18.5 Å². The summed E-state index contributed by atoms with van der Waals surface area (Å²) < 4.78 is 5.27. The third kappa shape index (κ3) is 2.76. The second kappa shape index (κ2) is 5.44. The van der Waals surface area contributed by atoms with Gasteiger partial charge in [0.2, 0.25) is 5.13 Å². The highest BCUT2D eigenvalue weighted by Crippen LogP contribution is 2.43. The zero-order chi connectivity index (χ0) is 15.0. The predicted molar refractivity (Wildman–Crippen MR) is 77.1 cm³/mol. The maximum absolute atomic E-state index is 12.4. The minimum atomic E-state index is -0.654. The Morgan fingerprint density at radius 3 is 2.86 bits per heavy atom. The van der Waals surface area contributed by atoms with E-state index >= 15 is 0 Å². The van der Waals surface area contributed by atoms with Gasteiger partial charge in [-0.25, -0.2) is 14.5 Å². The molecule has 1 atom stereocenters. The Balaban J connectivity index is 1.85. The summed E-state index contributed by atoms with van der Waals surface area (Å²) in [6.45, 7) is 3.91. The Bertz CT molecular complexity index is 584. The summed E-state index contributed by atoms with van der Waals surface area (Å²) in [5, 5.41) is 9.67. The summed E-state index contributed by atoms with van der Waals surface area (Å²) in [7, 11) is 1.71. The Labute approximate surface area is 126 Å². The molecule has 3 rings (SSSR count). The number of rotatable bonds is 4. The first-order valence-electron chi connectivity index (χ1n) is 6.81. The lowest BCUT2D eigenvalue weighted by molar-refractivity contribution is -0.143. The minimum Gasteiger partial charge on any atom is -0.438 e. The maximum atomic E-state index is 12.4. The van der Waals surface area contributed by atoms with Crippen LogP contribution in [0.4, 0.5) is 9.93 Å². The van der Waals surface area contributed by atoms with Crippen molar-refractivity contribution in [1.82, 2.24) is 15.1 Å². The molecular formula is C13H16N4O3S. The fourth-order valence-electron chi connectivity index (χ4n) is 2.15. The number of ether oxygens (including phenoxy) is 1. The standard InChI is InChI=1S/C13H16N4O3S/c1-3-10(18)20-9-6-7-16(2)13(19)17(9)12-15-14-11(21-12)8-4-5-8/h3,8-9H,1,4-7H2,2H3. The molecule has 2 fully saturated rings. The van der Waals surface area contributed by atoms with Crippen molar-refractivity contribution < 1.29 is 14.3 Å². The van der Waals surface area contributed by atoms with Crippen LogP contribution in [0.15, 0.2) is 12.7 Å². The van der Waals surface area contributed by atoms with E-state index in [1.807, 2.05) is 0 Å². The quantitative estimate of drug-likeness (QED) is 0.625. The van der Waals surface area contributed by atoms with Crippen LogP contribution in [0.25, 0.3) is 0 Å². The van der Waals surface area contributed by atoms with Crippen molar-refractivity contribution in [3.63, 3.8) is 0 Å². The fourth-order valence-corrected chi connectivity index (χ4v) is 3.20. The highest BCUT2D eigenvalue weighted by Gasteiger charge is 2.38. The van der Waals surface area contributed by atoms with E-state index in [0.29, 0.717) is 24.0 Å². The van der Waals surface area contributed by atoms with Crippen molar-refractivity contribution in [3.05, 3.63) is 17.7 Å². The van der Waals surface area contributed by atoms with Crippen molar-refractivity contribution in [3.8, 4) is 0 Å². The number of carbonyl (C=O) groups excluding carboxylic acids is 2. The van der Waals surface area contributed by atoms with E-state index in [9.17, 15) is 9.59 Å². The summed E-state index contributed by atoms with van der Waals surface area (Å²) >= 11 is 1.39. The molecule has 2 aliphatic rings. The molecule has 0 radical (unpaired) electrons. The Morgan fingerprint density at radius 1 is 1.43 bits per heavy atom. The number of carbonyl (C=O) groups is 2. The van der Waals surface area contributed by atoms with Crippen molar-refractivity contribution in [1.29, 1.82) is 0 Å². The number of amides is 2. The first kappa shape index (κ1) is 14.0. The van der Waals surface area contributed by atoms with Crippen LogP contribution < -0.4 is 4.90 Å². The molecule has 0 aromatic carbocycles. The van der Waals surface area contributed by atoms with Crippen LogP contribution in [-0.2, 0) is 9.53 Å². The van der Waals surface area contributed by atoms with E-state index in [0.717, 1.165) is 23.9 Å². The fraction of sp³-hybridized carbons (Fsp3) is 0.538. The predicted octanol–water partition coefficient (Wildman–Crippen LogP) is 1.73. The number of hydrogen-bond donors (Lipinski definition) is 0. The Kier molecular flexibility index (Phi) is 3.62. The second-order valence-electron chi connectivity index (χ2n) is 5.16. The van der Waals surface area contributed by atoms with Crippen LogP contribution in [0.5, 0.6) is 0 Å². The smallest absolute Gasteiger partial charge is 0.332 e. The van der Waals surface area contributed by atoms with E-state index < -0.39 is 12.2 Å². The van der Waals surface area contributed by atoms with E-state index in [2.05, 4.69) is 16.8 Å². The largest absolute Gasteiger partial charge is 0.438 e. The van der Waals surface area contributed by atoms with Gasteiger partial charge in [0.1, 0.15) is 5.01 Å². The molecule has 1 unspecified atom stereocenters. The SMILES string of the molecule is C=CC(=O)OC1CCN(C)C(=O)N1c1nnc(C2CC2)s1. The van der Waals surface area contributed by atoms with Crippen LogP contribution in [0.2, 0.25) is 0 Å². The van der Waals surface area contributed by atoms with Crippen LogP contribution in [-0.4, -0.2) is 46.9 Å². The van der Waals surface area contributed by atoms with E-state index in [1.54, 1.807) is 11.9 Å². The maximum Gasteiger partial charge on any atom is 0.332 e. The highest BCUT2D eigenvalue weighted by molar-refractivity contribution is 7.15. The van der Waals surface area contributed by atoms with Crippen molar-refractivity contribution in [2.45, 2.75) is 31.4 Å². The molecule has 1 saturated carbocycles. The molecule has 1 aromatic heterocycles. The summed E-state index contributed by atoms with van der Waals surface area (Å²) in [4.78, 5) is 26.8. The molecule has 0 bridgehead atoms. The molecule has 112 valence electrons. The molecule has 2 amide bonds. The van der Waals surface area contributed by atoms with Crippen molar-refractivity contribution >= 4 is 28.5 Å². The van der Waals surface area contributed by atoms with Crippen LogP contribution in [0.1, 0.15) is 30.2 Å². The summed E-state index contributed by atoms with van der Waals surface area (Å²) in [6.07, 6.45) is 3.21. The minimum absolute atomic E-state index is 0.235. The zero-order valence-corrected chi connectivity index (χ0v) is 12.5. The first-order chi connectivity index (χ1) is 10.1. The number of urea groups is 1. The molecule has 0 N–H and O–H groups in total. The molecule has 21 heavy (non-hydrogen) atoms. The van der Waals surface area contributed by atoms with Gasteiger partial charge in [0.05, 0.1) is 0 Å². The molecule has 1 saturated heterocycles. The zero-order valence-electron chi connectivity index (χ0n) is 11.7. The Morgan fingerprint density at radius 2 is 2.19 bits per heavy atom. The molecule has 1 aliphatic heterocycles. The molecule has 7 nitrogen and oxygen atoms in total. The Hall–Kier alpha value is -1.96. The lowest BCUT2D eigenvalue weighted by atomic mass is 10.3. The lowest BCUT2D eigenvalue weighted by Crippen LogP contribution is -2.54. The molecule has 0 spiro atoms. The van der Waals surface area contributed by atoms with Crippen LogP contribution in [0.3, 0.4) is 0 Å². The first-order valence-corrected chi connectivity index (χ1v) is 7.62. The van der Waals surface area contributed by atoms with Gasteiger partial charge in [-0.2, -0.15) is 0 Å². The number of nitrogens with zero attached hydrogens (tertiary/aromatic N) is 4. The molecular weight excluding hydrogens is 292 g/mol. The normalized spacial score (nSPS) is 22.3. The van der Waals surface area contributed by atoms with Crippen molar-refractivity contribution in [2.24, 2.45) is 0 Å². The third-order valence-corrected chi connectivity index (χ3v) is 4.60. The van der Waals surface area contributed by atoms with Gasteiger partial charge in [0.15, 0.2) is 6.23 Å². The highest BCUT2D eigenvalue weighted by atomic mass is 32.1. The number of aromatic nitrogens is 2. The number of esters is 1. The number of anilines is 1. The van der Waals surface area contributed by atoms with Crippen LogP contribution in [0, 0.1) is 0 Å². The monoisotopic (exact) mass is 308 g/mol. The summed E-state index contributed by atoms with van der Waals surface area (Å²) in [5.74, 6) is -0.0719. The van der Waals surface area contributed by atoms with Gasteiger partial charge >= 0.3 is 12.0 Å². The number of hydrogen-bond acceptors (Lipinski definition) is 6. The van der Waals surface area contributed by atoms with E-state index in [-0.39, 0.29) is 6.03 Å². The van der Waals surface area contributed by atoms with Gasteiger partial charge in [0.25, 0.3) is 0 Å². The van der Waals surface area contributed by atoms with Gasteiger partial charge in [-0.15, -0.1) is 10.2 Å². The molecule has 1 aliphatic carbocycles. The third-order valence-electron chi connectivity index (χ3n) is 3.51. The van der Waals surface area contributed by atoms with Gasteiger partial charge in [0, 0.05) is 32.0 Å². The van der Waals surface area contributed by atoms with Gasteiger partial charge in [-0.05, 0) is 12.8 Å². The van der Waals surface area contributed by atoms with E-state index in [4.69, 9.17) is 4.74 Å². The molecule has 1 aromatic rings. The average molecular weight is 308 g/mol. The average Bonchev–Trinajstić information content (AvgIpc) is 3.22. The lowest BCUT2D eigenvalue weighted by Gasteiger charge is -2.37. The van der Waals surface area contributed by atoms with Crippen LogP contribution >= 0.6 is 11.3 Å². The molecule has 8 heteroatoms. The van der Waals surface area contributed by atoms with E-state index in [1.165, 1.54) is 16.2 Å². The second-order valence-corrected chi connectivity index (χ2v) is 6.14. The van der Waals surface area contributed by atoms with Gasteiger partial charge in [-0.1, -0.05) is 17.9 Å². The van der Waals surface area contributed by atoms with Gasteiger partial charge in [-0.3, -0.25) is 0 Å². The summed E-state index contributed by atoms with van der Waals surface area (Å²) in [5.41, 5.74) is 0.